The molecule has 4 rings (SSSR count). The van der Waals surface area contributed by atoms with Gasteiger partial charge in [0, 0.05) is 23.2 Å². The van der Waals surface area contributed by atoms with Gasteiger partial charge in [0.15, 0.2) is 9.84 Å². The largest absolute Gasteiger partial charge is 0.416 e. The van der Waals surface area contributed by atoms with Crippen molar-refractivity contribution >= 4 is 20.6 Å². The Hall–Kier alpha value is -3.20. The van der Waals surface area contributed by atoms with Gasteiger partial charge in [-0.2, -0.15) is 13.2 Å². The Kier molecular flexibility index (Phi) is 5.09. The van der Waals surface area contributed by atoms with E-state index in [1.807, 2.05) is 0 Å². The molecule has 0 N–H and O–H groups in total. The van der Waals surface area contributed by atoms with E-state index in [1.54, 1.807) is 19.1 Å². The first-order chi connectivity index (χ1) is 14.6. The predicted molar refractivity (Wildman–Crippen MR) is 109 cm³/mol. The minimum absolute atomic E-state index is 0.0960. The Morgan fingerprint density at radius 1 is 1.00 bits per heavy atom. The van der Waals surface area contributed by atoms with Crippen LogP contribution in [0.15, 0.2) is 64.3 Å². The van der Waals surface area contributed by atoms with Gasteiger partial charge in [-0.1, -0.05) is 11.2 Å². The summed E-state index contributed by atoms with van der Waals surface area (Å²) in [5.74, 6) is -0.301. The van der Waals surface area contributed by atoms with Crippen molar-refractivity contribution in [3.63, 3.8) is 0 Å². The van der Waals surface area contributed by atoms with E-state index >= 15 is 0 Å². The number of hydrogen-bond acceptors (Lipinski definition) is 5. The predicted octanol–water partition coefficient (Wildman–Crippen LogP) is 5.50. The molecular weight excluding hydrogens is 429 g/mol. The molecule has 160 valence electrons. The Balaban J connectivity index is 1.81. The number of pyridine rings is 1. The number of benzene rings is 2. The van der Waals surface area contributed by atoms with Gasteiger partial charge in [-0.15, -0.1) is 0 Å². The number of fused-ring (bicyclic) bond motifs is 1. The summed E-state index contributed by atoms with van der Waals surface area (Å²) < 4.78 is 69.8. The third kappa shape index (κ3) is 4.05. The summed E-state index contributed by atoms with van der Waals surface area (Å²) in [4.78, 5) is 4.48. The van der Waals surface area contributed by atoms with Crippen LogP contribution in [0, 0.1) is 13.8 Å². The van der Waals surface area contributed by atoms with E-state index in [1.165, 1.54) is 43.6 Å². The summed E-state index contributed by atoms with van der Waals surface area (Å²) in [6, 6.07) is 10.4. The van der Waals surface area contributed by atoms with E-state index in [9.17, 15) is 21.6 Å². The molecule has 0 aliphatic carbocycles. The highest BCUT2D eigenvalue weighted by Gasteiger charge is 2.33. The normalized spacial score (nSPS) is 12.4. The van der Waals surface area contributed by atoms with Crippen LogP contribution in [0.2, 0.25) is 0 Å². The summed E-state index contributed by atoms with van der Waals surface area (Å²) in [5, 5.41) is 4.90. The molecule has 2 heterocycles. The smallest absolute Gasteiger partial charge is 0.364 e. The number of aromatic nitrogens is 2. The summed E-state index contributed by atoms with van der Waals surface area (Å²) in [7, 11) is -3.66. The molecular formula is C22H17F3N2O3S. The van der Waals surface area contributed by atoms with Crippen LogP contribution in [-0.4, -0.2) is 18.6 Å². The van der Waals surface area contributed by atoms with Crippen molar-refractivity contribution in [1.29, 1.82) is 0 Å². The first-order valence-electron chi connectivity index (χ1n) is 9.26. The van der Waals surface area contributed by atoms with Crippen molar-refractivity contribution in [2.24, 2.45) is 0 Å². The number of rotatable bonds is 4. The maximum atomic E-state index is 13.2. The quantitative estimate of drug-likeness (QED) is 0.414. The molecule has 0 spiro atoms. The highest BCUT2D eigenvalue weighted by Crippen LogP contribution is 2.37. The molecule has 9 heteroatoms. The van der Waals surface area contributed by atoms with Crippen LogP contribution in [-0.2, 0) is 21.8 Å². The van der Waals surface area contributed by atoms with E-state index in [-0.39, 0.29) is 16.2 Å². The third-order valence-corrected chi connectivity index (χ3v) is 6.70. The standard InChI is InChI=1S/C22H17F3N2O3S/c1-13-10-20(22(23,24)25)14(2)9-19(13)21-18-4-3-17(11-15(18)5-7-26-21)31(28,29)12-16-6-8-30-27-16/h3-11H,12H2,1-2H3. The first kappa shape index (κ1) is 21.0. The number of aryl methyl sites for hydroxylation is 2. The van der Waals surface area contributed by atoms with E-state index in [0.717, 1.165) is 6.07 Å². The minimum atomic E-state index is -4.44. The van der Waals surface area contributed by atoms with Crippen LogP contribution in [0.1, 0.15) is 22.4 Å². The number of sulfone groups is 1. The first-order valence-corrected chi connectivity index (χ1v) is 10.9. The number of halogens is 3. The zero-order valence-corrected chi connectivity index (χ0v) is 17.4. The monoisotopic (exact) mass is 446 g/mol. The molecule has 0 unspecified atom stereocenters. The fourth-order valence-corrected chi connectivity index (χ4v) is 4.82. The Morgan fingerprint density at radius 2 is 1.77 bits per heavy atom. The molecule has 0 atom stereocenters. The van der Waals surface area contributed by atoms with Crippen LogP contribution in [0.3, 0.4) is 0 Å². The van der Waals surface area contributed by atoms with Crippen LogP contribution >= 0.6 is 0 Å². The topological polar surface area (TPSA) is 73.1 Å². The van der Waals surface area contributed by atoms with Gasteiger partial charge in [0.05, 0.1) is 21.8 Å². The van der Waals surface area contributed by atoms with Crippen molar-refractivity contribution in [3.05, 3.63) is 77.3 Å². The molecule has 0 amide bonds. The Morgan fingerprint density at radius 3 is 2.45 bits per heavy atom. The fourth-order valence-electron chi connectivity index (χ4n) is 3.53. The summed E-state index contributed by atoms with van der Waals surface area (Å²) in [6.45, 7) is 3.01. The Bertz CT molecular complexity index is 1380. The highest BCUT2D eigenvalue weighted by molar-refractivity contribution is 7.90. The summed E-state index contributed by atoms with van der Waals surface area (Å²) >= 11 is 0. The molecule has 4 aromatic rings. The van der Waals surface area contributed by atoms with Crippen molar-refractivity contribution in [1.82, 2.24) is 10.1 Å². The number of nitrogens with zero attached hydrogens (tertiary/aromatic N) is 2. The van der Waals surface area contributed by atoms with Crippen molar-refractivity contribution in [3.8, 4) is 11.3 Å². The molecule has 2 aromatic heterocycles. The SMILES string of the molecule is Cc1cc(C(F)(F)F)c(C)cc1-c1nccc2cc(S(=O)(=O)Cc3ccon3)ccc12. The number of alkyl halides is 3. The van der Waals surface area contributed by atoms with Crippen molar-refractivity contribution < 1.29 is 26.1 Å². The molecule has 5 nitrogen and oxygen atoms in total. The molecule has 0 radical (unpaired) electrons. The van der Waals surface area contributed by atoms with Crippen LogP contribution in [0.4, 0.5) is 13.2 Å². The van der Waals surface area contributed by atoms with Crippen LogP contribution in [0.25, 0.3) is 22.0 Å². The molecule has 2 aromatic carbocycles. The number of hydrogen-bond donors (Lipinski definition) is 0. The van der Waals surface area contributed by atoms with Crippen molar-refractivity contribution in [2.45, 2.75) is 30.7 Å². The maximum Gasteiger partial charge on any atom is 0.416 e. The lowest BCUT2D eigenvalue weighted by atomic mass is 9.95. The van der Waals surface area contributed by atoms with Crippen molar-refractivity contribution in [2.75, 3.05) is 0 Å². The third-order valence-electron chi connectivity index (χ3n) is 5.06. The van der Waals surface area contributed by atoms with Gasteiger partial charge >= 0.3 is 6.18 Å². The zero-order chi connectivity index (χ0) is 22.4. The minimum Gasteiger partial charge on any atom is -0.364 e. The molecule has 0 bridgehead atoms. The lowest BCUT2D eigenvalue weighted by Crippen LogP contribution is -2.08. The van der Waals surface area contributed by atoms with Gasteiger partial charge in [-0.25, -0.2) is 8.42 Å². The highest BCUT2D eigenvalue weighted by atomic mass is 32.2. The molecule has 0 aliphatic heterocycles. The van der Waals surface area contributed by atoms with Gasteiger partial charge in [0.25, 0.3) is 0 Å². The van der Waals surface area contributed by atoms with E-state index < -0.39 is 21.6 Å². The van der Waals surface area contributed by atoms with Crippen LogP contribution < -0.4 is 0 Å². The van der Waals surface area contributed by atoms with Gasteiger partial charge in [0.1, 0.15) is 12.0 Å². The summed E-state index contributed by atoms with van der Waals surface area (Å²) in [5.41, 5.74) is 1.20. The molecule has 0 fully saturated rings. The molecule has 0 saturated heterocycles. The van der Waals surface area contributed by atoms with E-state index in [0.29, 0.717) is 33.3 Å². The average Bonchev–Trinajstić information content (AvgIpc) is 3.20. The lowest BCUT2D eigenvalue weighted by molar-refractivity contribution is -0.138. The second kappa shape index (κ2) is 7.49. The van der Waals surface area contributed by atoms with Gasteiger partial charge in [0.2, 0.25) is 0 Å². The second-order valence-corrected chi connectivity index (χ2v) is 9.26. The summed E-state index contributed by atoms with van der Waals surface area (Å²) in [6.07, 6.45) is -1.62. The Labute approximate surface area is 176 Å². The maximum absolute atomic E-state index is 13.2. The average molecular weight is 446 g/mol. The van der Waals surface area contributed by atoms with Gasteiger partial charge in [-0.05, 0) is 60.7 Å². The van der Waals surface area contributed by atoms with Gasteiger partial charge in [-0.3, -0.25) is 4.98 Å². The molecule has 0 saturated carbocycles. The fraction of sp³-hybridized carbons (Fsp3) is 0.182. The second-order valence-electron chi connectivity index (χ2n) is 7.27. The van der Waals surface area contributed by atoms with E-state index in [2.05, 4.69) is 14.7 Å². The van der Waals surface area contributed by atoms with Crippen LogP contribution in [0.5, 0.6) is 0 Å². The zero-order valence-electron chi connectivity index (χ0n) is 16.6. The molecule has 0 aliphatic rings. The van der Waals surface area contributed by atoms with E-state index in [4.69, 9.17) is 0 Å². The van der Waals surface area contributed by atoms with Gasteiger partial charge < -0.3 is 4.52 Å². The molecule has 31 heavy (non-hydrogen) atoms. The lowest BCUT2D eigenvalue weighted by Gasteiger charge is -2.15.